The van der Waals surface area contributed by atoms with Crippen molar-refractivity contribution in [2.45, 2.75) is 24.4 Å². The van der Waals surface area contributed by atoms with Crippen LogP contribution in [0.1, 0.15) is 34.3 Å². The van der Waals surface area contributed by atoms with Crippen LogP contribution >= 0.6 is 0 Å². The summed E-state index contributed by atoms with van der Waals surface area (Å²) in [4.78, 5) is 0. The zero-order valence-electron chi connectivity index (χ0n) is 20.1. The Morgan fingerprint density at radius 3 is 2.08 bits per heavy atom. The first-order chi connectivity index (χ1) is 14.9. The maximum atomic E-state index is 10.7. The fourth-order valence-electron chi connectivity index (χ4n) is 3.48. The molecule has 0 saturated heterocycles. The Kier molecular flexibility index (Phi) is 1.59. The topological polar surface area (TPSA) is 80.9 Å². The van der Waals surface area contributed by atoms with Crippen LogP contribution in [0, 0.1) is 0 Å². The Morgan fingerprint density at radius 1 is 0.708 bits per heavy atom. The molecule has 5 rings (SSSR count). The lowest BCUT2D eigenvalue weighted by Crippen LogP contribution is -2.41. The molecular weight excluding hydrogens is 304 g/mol. The van der Waals surface area contributed by atoms with Gasteiger partial charge in [0.1, 0.15) is 24.4 Å². The van der Waals surface area contributed by atoms with E-state index in [0.29, 0.717) is 0 Å². The van der Waals surface area contributed by atoms with Gasteiger partial charge < -0.3 is 20.4 Å². The highest BCUT2D eigenvalue weighted by molar-refractivity contribution is 6.23. The Labute approximate surface area is 148 Å². The highest BCUT2D eigenvalue weighted by atomic mass is 16.4. The summed E-state index contributed by atoms with van der Waals surface area (Å²) >= 11 is 0. The van der Waals surface area contributed by atoms with Gasteiger partial charge in [0.05, 0.1) is 11.0 Å². The molecule has 0 unspecified atom stereocenters. The van der Waals surface area contributed by atoms with E-state index in [1.54, 1.807) is 0 Å². The van der Waals surface area contributed by atoms with Crippen molar-refractivity contribution in [2.24, 2.45) is 0 Å². The number of benzene rings is 4. The number of aliphatic hydroxyl groups excluding tert-OH is 4. The second-order valence-corrected chi connectivity index (χ2v) is 5.95. The molecule has 0 heterocycles. The zero-order chi connectivity index (χ0) is 23.5. The van der Waals surface area contributed by atoms with Crippen LogP contribution < -0.4 is 0 Å². The normalized spacial score (nSPS) is 31.8. The first-order valence-electron chi connectivity index (χ1n) is 11.4. The fourth-order valence-corrected chi connectivity index (χ4v) is 3.48. The van der Waals surface area contributed by atoms with Gasteiger partial charge in [-0.15, -0.1) is 0 Å². The molecule has 120 valence electrons. The second-order valence-electron chi connectivity index (χ2n) is 5.95. The third kappa shape index (κ3) is 1.61. The van der Waals surface area contributed by atoms with E-state index < -0.39 is 72.8 Å². The Morgan fingerprint density at radius 2 is 1.33 bits per heavy atom. The molecule has 4 aromatic carbocycles. The van der Waals surface area contributed by atoms with Gasteiger partial charge in [0.15, 0.2) is 0 Å². The van der Waals surface area contributed by atoms with E-state index in [-0.39, 0.29) is 43.4 Å². The van der Waals surface area contributed by atoms with Crippen molar-refractivity contribution in [3.63, 3.8) is 0 Å². The van der Waals surface area contributed by atoms with Crippen molar-refractivity contribution in [1.82, 2.24) is 0 Å². The molecule has 0 amide bonds. The number of fused-ring (bicyclic) bond motifs is 2. The Hall–Kier alpha value is -2.24. The average molecular weight is 328 g/mol. The van der Waals surface area contributed by atoms with Gasteiger partial charge in [0.25, 0.3) is 0 Å². The van der Waals surface area contributed by atoms with Gasteiger partial charge in [0.2, 0.25) is 0 Å². The summed E-state index contributed by atoms with van der Waals surface area (Å²) in [6.45, 7) is 0. The van der Waals surface area contributed by atoms with E-state index in [0.717, 1.165) is 0 Å². The number of hydrogen-bond acceptors (Lipinski definition) is 4. The molecule has 1 aliphatic carbocycles. The minimum Gasteiger partial charge on any atom is -0.387 e. The van der Waals surface area contributed by atoms with Crippen molar-refractivity contribution in [1.29, 1.82) is 0 Å². The van der Waals surface area contributed by atoms with Gasteiger partial charge in [-0.05, 0) is 49.5 Å². The minimum absolute atomic E-state index is 0.0263. The molecule has 1 aliphatic rings. The number of hydrogen-bond donors (Lipinski definition) is 4. The van der Waals surface area contributed by atoms with Crippen LogP contribution in [0.25, 0.3) is 32.3 Å². The molecule has 4 heteroatoms. The first-order valence-corrected chi connectivity index (χ1v) is 7.36. The molecule has 0 bridgehead atoms. The lowest BCUT2D eigenvalue weighted by atomic mass is 9.78. The van der Waals surface area contributed by atoms with Crippen molar-refractivity contribution in [2.75, 3.05) is 0 Å². The van der Waals surface area contributed by atoms with Gasteiger partial charge in [-0.3, -0.25) is 0 Å². The lowest BCUT2D eigenvalue weighted by molar-refractivity contribution is -0.119. The molecule has 0 radical (unpaired) electrons. The van der Waals surface area contributed by atoms with Crippen molar-refractivity contribution in [3.8, 4) is 0 Å². The Bertz CT molecular complexity index is 1460. The predicted octanol–water partition coefficient (Wildman–Crippen LogP) is 2.39. The third-order valence-corrected chi connectivity index (χ3v) is 4.66. The van der Waals surface area contributed by atoms with E-state index in [1.165, 1.54) is 0 Å². The van der Waals surface area contributed by atoms with Crippen LogP contribution in [0.3, 0.4) is 0 Å². The SMILES string of the molecule is [2H]c1c([2H])c2c([2H])c([2H])c3c([2H])c4c(c5c([2H])c([2H])c(c1[2H])c2c35)[C@@H](O)[C@@H](O)[C@@H](O)[C@@H]4O. The standard InChI is InChI=1S/C20H16O4/c21-17-13-8-11-5-4-9-2-1-3-10-6-7-12(15(11)14(9)10)16(13)18(22)20(24)19(17)23/h1-8,17-24H/t17-,18-,19+,20-/m1/s1/i1D,2D,3D,4D,5D,6D,7D,8D. The van der Waals surface area contributed by atoms with E-state index in [9.17, 15) is 20.4 Å². The molecule has 24 heavy (non-hydrogen) atoms. The van der Waals surface area contributed by atoms with Crippen LogP contribution in [0.2, 0.25) is 0 Å². The van der Waals surface area contributed by atoms with Crippen LogP contribution in [0.5, 0.6) is 0 Å². The number of aliphatic hydroxyl groups is 4. The maximum Gasteiger partial charge on any atom is 0.113 e. The van der Waals surface area contributed by atoms with Gasteiger partial charge >= 0.3 is 0 Å². The summed E-state index contributed by atoms with van der Waals surface area (Å²) in [6, 6.07) is -4.20. The Balaban J connectivity index is 2.24. The summed E-state index contributed by atoms with van der Waals surface area (Å²) in [5.74, 6) is 0. The molecule has 0 saturated carbocycles. The molecule has 0 spiro atoms. The highest BCUT2D eigenvalue weighted by Crippen LogP contribution is 2.45. The van der Waals surface area contributed by atoms with Gasteiger partial charge in [-0.2, -0.15) is 0 Å². The van der Waals surface area contributed by atoms with Gasteiger partial charge in [-0.25, -0.2) is 0 Å². The highest BCUT2D eigenvalue weighted by Gasteiger charge is 2.41. The minimum atomic E-state index is -1.86. The molecule has 4 N–H and O–H groups in total. The van der Waals surface area contributed by atoms with E-state index >= 15 is 0 Å². The van der Waals surface area contributed by atoms with Gasteiger partial charge in [0, 0.05) is 0 Å². The quantitative estimate of drug-likeness (QED) is 0.374. The van der Waals surface area contributed by atoms with Crippen LogP contribution in [-0.2, 0) is 0 Å². The molecule has 4 aromatic rings. The molecular formula is C20H16O4. The summed E-state index contributed by atoms with van der Waals surface area (Å²) in [5.41, 5.74) is -0.569. The largest absolute Gasteiger partial charge is 0.387 e. The average Bonchev–Trinajstić information content (AvgIpc) is 2.75. The van der Waals surface area contributed by atoms with E-state index in [2.05, 4.69) is 0 Å². The van der Waals surface area contributed by atoms with Gasteiger partial charge in [-0.1, -0.05) is 42.3 Å². The summed E-state index contributed by atoms with van der Waals surface area (Å²) in [6.07, 6.45) is -7.37. The van der Waals surface area contributed by atoms with E-state index in [4.69, 9.17) is 11.0 Å². The maximum absolute atomic E-state index is 10.7. The van der Waals surface area contributed by atoms with Crippen LogP contribution in [0.15, 0.2) is 48.3 Å². The second kappa shape index (κ2) is 4.65. The zero-order valence-corrected chi connectivity index (χ0v) is 12.1. The molecule has 4 atom stereocenters. The van der Waals surface area contributed by atoms with E-state index in [1.807, 2.05) is 0 Å². The van der Waals surface area contributed by atoms with Crippen molar-refractivity contribution in [3.05, 3.63) is 59.5 Å². The molecule has 0 aliphatic heterocycles. The van der Waals surface area contributed by atoms with Crippen LogP contribution in [0.4, 0.5) is 0 Å². The molecule has 0 aromatic heterocycles. The monoisotopic (exact) mass is 328 g/mol. The lowest BCUT2D eigenvalue weighted by Gasteiger charge is -2.35. The third-order valence-electron chi connectivity index (χ3n) is 4.66. The van der Waals surface area contributed by atoms with Crippen LogP contribution in [-0.4, -0.2) is 32.6 Å². The summed E-state index contributed by atoms with van der Waals surface area (Å²) in [7, 11) is 0. The summed E-state index contributed by atoms with van der Waals surface area (Å²) < 4.78 is 67.2. The van der Waals surface area contributed by atoms with Crippen molar-refractivity contribution < 1.29 is 31.4 Å². The number of rotatable bonds is 0. The summed E-state index contributed by atoms with van der Waals surface area (Å²) in [5, 5.41) is 40.9. The van der Waals surface area contributed by atoms with Crippen molar-refractivity contribution >= 4 is 32.3 Å². The fraction of sp³-hybridized carbons (Fsp3) is 0.200. The molecule has 4 nitrogen and oxygen atoms in total. The smallest absolute Gasteiger partial charge is 0.113 e. The molecule has 0 fully saturated rings. The first kappa shape index (κ1) is 8.23. The predicted molar refractivity (Wildman–Crippen MR) is 92.1 cm³/mol.